The number of aliphatic hydroxyl groups excluding tert-OH is 2. The summed E-state index contributed by atoms with van der Waals surface area (Å²) in [6.45, 7) is 1.67. The quantitative estimate of drug-likeness (QED) is 0.394. The fraction of sp³-hybridized carbons (Fsp3) is 1.00. The molecule has 0 aromatic carbocycles. The van der Waals surface area contributed by atoms with Crippen LogP contribution in [0.4, 0.5) is 0 Å². The minimum absolute atomic E-state index is 0.0282. The van der Waals surface area contributed by atoms with Crippen LogP contribution in [-0.2, 0) is 0 Å². The third-order valence-corrected chi connectivity index (χ3v) is 2.81. The van der Waals surface area contributed by atoms with Gasteiger partial charge in [-0.15, -0.1) is 0 Å². The highest BCUT2D eigenvalue weighted by Gasteiger charge is 2.41. The van der Waals surface area contributed by atoms with Gasteiger partial charge in [0.05, 0.1) is 18.8 Å². The fourth-order valence-corrected chi connectivity index (χ4v) is 1.87. The predicted octanol–water partition coefficient (Wildman–Crippen LogP) is -1.58. The van der Waals surface area contributed by atoms with E-state index in [1.54, 1.807) is 21.0 Å². The third kappa shape index (κ3) is 2.43. The van der Waals surface area contributed by atoms with Crippen molar-refractivity contribution < 1.29 is 10.2 Å². The second kappa shape index (κ2) is 5.63. The van der Waals surface area contributed by atoms with E-state index < -0.39 is 11.8 Å². The lowest BCUT2D eigenvalue weighted by Gasteiger charge is -2.44. The molecule has 0 heterocycles. The Morgan fingerprint density at radius 2 is 1.71 bits per heavy atom. The molecule has 0 saturated carbocycles. The smallest absolute Gasteiger partial charge is 0.113 e. The first kappa shape index (κ1) is 13.8. The van der Waals surface area contributed by atoms with Crippen molar-refractivity contribution >= 4 is 0 Å². The lowest BCUT2D eigenvalue weighted by molar-refractivity contribution is -0.0190. The first-order valence-electron chi connectivity index (χ1n) is 4.79. The Hall–Kier alpha value is -0.200. The highest BCUT2D eigenvalue weighted by Crippen LogP contribution is 2.15. The number of aliphatic hydroxyl groups is 2. The van der Waals surface area contributed by atoms with Gasteiger partial charge in [0.15, 0.2) is 0 Å². The fourth-order valence-electron chi connectivity index (χ4n) is 1.87. The minimum Gasteiger partial charge on any atom is -0.395 e. The summed E-state index contributed by atoms with van der Waals surface area (Å²) >= 11 is 0. The molecule has 0 aliphatic rings. The lowest BCUT2D eigenvalue weighted by Crippen LogP contribution is -2.72. The van der Waals surface area contributed by atoms with Crippen LogP contribution < -0.4 is 10.6 Å². The molecule has 2 atom stereocenters. The summed E-state index contributed by atoms with van der Waals surface area (Å²) in [5.41, 5.74) is -0.696. The predicted molar refractivity (Wildman–Crippen MR) is 57.1 cm³/mol. The van der Waals surface area contributed by atoms with Gasteiger partial charge in [0.2, 0.25) is 0 Å². The molecule has 86 valence electrons. The average Bonchev–Trinajstić information content (AvgIpc) is 2.12. The van der Waals surface area contributed by atoms with Gasteiger partial charge in [0.25, 0.3) is 0 Å². The van der Waals surface area contributed by atoms with Gasteiger partial charge in [-0.3, -0.25) is 10.6 Å². The molecule has 0 aromatic heterocycles. The van der Waals surface area contributed by atoms with Gasteiger partial charge < -0.3 is 15.1 Å². The summed E-state index contributed by atoms with van der Waals surface area (Å²) in [4.78, 5) is 1.87. The van der Waals surface area contributed by atoms with Crippen LogP contribution in [0.5, 0.6) is 0 Å². The molecule has 5 nitrogen and oxygen atoms in total. The Kier molecular flexibility index (Phi) is 5.54. The summed E-state index contributed by atoms with van der Waals surface area (Å²) in [6.07, 6.45) is -0.614. The van der Waals surface area contributed by atoms with Crippen molar-refractivity contribution in [2.75, 3.05) is 34.8 Å². The lowest BCUT2D eigenvalue weighted by atomic mass is 9.94. The summed E-state index contributed by atoms with van der Waals surface area (Å²) in [7, 11) is 7.25. The van der Waals surface area contributed by atoms with Crippen LogP contribution in [0.3, 0.4) is 0 Å². The van der Waals surface area contributed by atoms with Crippen molar-refractivity contribution in [3.8, 4) is 0 Å². The van der Waals surface area contributed by atoms with Gasteiger partial charge in [-0.05, 0) is 35.1 Å². The van der Waals surface area contributed by atoms with Crippen LogP contribution in [0.15, 0.2) is 0 Å². The van der Waals surface area contributed by atoms with E-state index in [1.807, 2.05) is 19.0 Å². The van der Waals surface area contributed by atoms with E-state index in [-0.39, 0.29) is 12.6 Å². The first-order valence-corrected chi connectivity index (χ1v) is 4.79. The van der Waals surface area contributed by atoms with Crippen LogP contribution in [0.2, 0.25) is 0 Å². The van der Waals surface area contributed by atoms with Crippen molar-refractivity contribution in [3.05, 3.63) is 0 Å². The normalized spacial score (nSPS) is 17.1. The largest absolute Gasteiger partial charge is 0.395 e. The van der Waals surface area contributed by atoms with Gasteiger partial charge in [0.1, 0.15) is 5.66 Å². The molecule has 0 aliphatic carbocycles. The second-order valence-corrected chi connectivity index (χ2v) is 3.71. The zero-order chi connectivity index (χ0) is 11.4. The Balaban J connectivity index is 4.93. The Morgan fingerprint density at radius 1 is 1.29 bits per heavy atom. The maximum atomic E-state index is 9.75. The number of nitrogens with zero attached hydrogens (tertiary/aromatic N) is 1. The molecule has 0 spiro atoms. The van der Waals surface area contributed by atoms with Gasteiger partial charge in [-0.1, -0.05) is 0 Å². The molecule has 0 aromatic rings. The first-order chi connectivity index (χ1) is 6.46. The molecule has 0 fully saturated rings. The molecular formula is C9H23N3O2. The summed E-state index contributed by atoms with van der Waals surface area (Å²) in [6, 6.07) is -0.197. The van der Waals surface area contributed by atoms with Gasteiger partial charge in [-0.25, -0.2) is 0 Å². The van der Waals surface area contributed by atoms with Crippen molar-refractivity contribution in [1.82, 2.24) is 15.5 Å². The van der Waals surface area contributed by atoms with Crippen LogP contribution >= 0.6 is 0 Å². The van der Waals surface area contributed by atoms with E-state index in [2.05, 4.69) is 10.6 Å². The molecule has 0 bridgehead atoms. The monoisotopic (exact) mass is 205 g/mol. The number of likely N-dealkylation sites (N-methyl/N-ethyl adjacent to an activating group) is 3. The van der Waals surface area contributed by atoms with Crippen LogP contribution in [-0.4, -0.2) is 67.7 Å². The second-order valence-electron chi connectivity index (χ2n) is 3.71. The number of hydrogen-bond acceptors (Lipinski definition) is 5. The van der Waals surface area contributed by atoms with Crippen LogP contribution in [0, 0.1) is 0 Å². The van der Waals surface area contributed by atoms with Crippen molar-refractivity contribution in [2.24, 2.45) is 0 Å². The number of rotatable bonds is 6. The number of hydrogen-bond donors (Lipinski definition) is 4. The molecule has 0 amide bonds. The summed E-state index contributed by atoms with van der Waals surface area (Å²) < 4.78 is 0. The summed E-state index contributed by atoms with van der Waals surface area (Å²) in [5.74, 6) is 0. The van der Waals surface area contributed by atoms with E-state index >= 15 is 0 Å². The maximum Gasteiger partial charge on any atom is 0.113 e. The molecule has 0 rings (SSSR count). The third-order valence-electron chi connectivity index (χ3n) is 2.81. The Bertz CT molecular complexity index is 158. The van der Waals surface area contributed by atoms with Crippen LogP contribution in [0.1, 0.15) is 6.92 Å². The zero-order valence-corrected chi connectivity index (χ0v) is 9.70. The highest BCUT2D eigenvalue weighted by molar-refractivity contribution is 4.98. The molecule has 14 heavy (non-hydrogen) atoms. The van der Waals surface area contributed by atoms with Crippen molar-refractivity contribution in [1.29, 1.82) is 0 Å². The molecule has 2 unspecified atom stereocenters. The molecule has 5 heteroatoms. The molecule has 0 saturated heterocycles. The SMILES string of the molecule is CNC(NC)(C(C)O)C(CO)N(C)C. The van der Waals surface area contributed by atoms with Crippen LogP contribution in [0.25, 0.3) is 0 Å². The Labute approximate surface area is 86.1 Å². The van der Waals surface area contributed by atoms with E-state index in [0.717, 1.165) is 0 Å². The number of nitrogens with one attached hydrogen (secondary N) is 2. The van der Waals surface area contributed by atoms with Gasteiger partial charge in [0, 0.05) is 0 Å². The van der Waals surface area contributed by atoms with Gasteiger partial charge >= 0.3 is 0 Å². The van der Waals surface area contributed by atoms with Crippen molar-refractivity contribution in [2.45, 2.75) is 24.7 Å². The van der Waals surface area contributed by atoms with Crippen molar-refractivity contribution in [3.63, 3.8) is 0 Å². The highest BCUT2D eigenvalue weighted by atomic mass is 16.3. The maximum absolute atomic E-state index is 9.75. The van der Waals surface area contributed by atoms with E-state index in [9.17, 15) is 10.2 Å². The van der Waals surface area contributed by atoms with E-state index in [1.165, 1.54) is 0 Å². The molecular weight excluding hydrogens is 182 g/mol. The molecule has 0 radical (unpaired) electrons. The van der Waals surface area contributed by atoms with Gasteiger partial charge in [-0.2, -0.15) is 0 Å². The molecule has 4 N–H and O–H groups in total. The van der Waals surface area contributed by atoms with E-state index in [0.29, 0.717) is 0 Å². The standard InChI is InChI=1S/C9H23N3O2/c1-7(14)9(10-2,11-3)8(6-13)12(4)5/h7-8,10-11,13-14H,6H2,1-5H3. The van der Waals surface area contributed by atoms with E-state index in [4.69, 9.17) is 0 Å². The Morgan fingerprint density at radius 3 is 1.79 bits per heavy atom. The molecule has 0 aliphatic heterocycles. The average molecular weight is 205 g/mol. The zero-order valence-electron chi connectivity index (χ0n) is 9.70. The minimum atomic E-state index is -0.696. The topological polar surface area (TPSA) is 67.8 Å². The summed E-state index contributed by atoms with van der Waals surface area (Å²) in [5, 5.41) is 25.1.